The second-order valence-electron chi connectivity index (χ2n) is 5.11. The zero-order chi connectivity index (χ0) is 18.8. The van der Waals surface area contributed by atoms with Crippen LogP contribution in [0.4, 0.5) is 4.39 Å². The van der Waals surface area contributed by atoms with Crippen LogP contribution in [0.1, 0.15) is 22.0 Å². The first-order valence-electron chi connectivity index (χ1n) is 7.14. The SMILES string of the molecule is COC(=O)C(OC(=O)c1cc(Cl)nc2[nH]ncc12)c1ccc(Cl)c(F)c1. The normalized spacial score (nSPS) is 12.0. The van der Waals surface area contributed by atoms with Crippen molar-refractivity contribution in [2.45, 2.75) is 6.10 Å². The molecule has 10 heteroatoms. The van der Waals surface area contributed by atoms with E-state index in [0.29, 0.717) is 5.39 Å². The van der Waals surface area contributed by atoms with E-state index in [2.05, 4.69) is 19.9 Å². The summed E-state index contributed by atoms with van der Waals surface area (Å²) in [5, 5.41) is 6.61. The molecule has 7 nitrogen and oxygen atoms in total. The molecule has 1 atom stereocenters. The van der Waals surface area contributed by atoms with Crippen LogP contribution in [0.15, 0.2) is 30.5 Å². The smallest absolute Gasteiger partial charge is 0.351 e. The lowest BCUT2D eigenvalue weighted by atomic mass is 10.1. The number of hydrogen-bond acceptors (Lipinski definition) is 6. The summed E-state index contributed by atoms with van der Waals surface area (Å²) in [6.07, 6.45) is -0.127. The molecule has 26 heavy (non-hydrogen) atoms. The number of nitrogens with one attached hydrogen (secondary N) is 1. The highest BCUT2D eigenvalue weighted by molar-refractivity contribution is 6.31. The van der Waals surface area contributed by atoms with Crippen molar-refractivity contribution in [3.8, 4) is 0 Å². The van der Waals surface area contributed by atoms with E-state index in [1.165, 1.54) is 24.4 Å². The van der Waals surface area contributed by atoms with Crippen LogP contribution in [0.25, 0.3) is 11.0 Å². The van der Waals surface area contributed by atoms with Crippen LogP contribution in [0.5, 0.6) is 0 Å². The molecular weight excluding hydrogens is 388 g/mol. The number of H-pyrrole nitrogens is 1. The number of aromatic amines is 1. The fourth-order valence-corrected chi connectivity index (χ4v) is 2.58. The zero-order valence-corrected chi connectivity index (χ0v) is 14.6. The maximum absolute atomic E-state index is 13.7. The molecule has 3 rings (SSSR count). The number of benzene rings is 1. The topological polar surface area (TPSA) is 94.2 Å². The fourth-order valence-electron chi connectivity index (χ4n) is 2.27. The second-order valence-corrected chi connectivity index (χ2v) is 5.90. The van der Waals surface area contributed by atoms with Gasteiger partial charge in [-0.25, -0.2) is 19.0 Å². The number of aromatic nitrogens is 3. The molecule has 1 unspecified atom stereocenters. The van der Waals surface area contributed by atoms with Crippen LogP contribution in [0.2, 0.25) is 10.2 Å². The molecular formula is C16H10Cl2FN3O4. The van der Waals surface area contributed by atoms with Crippen LogP contribution in [0, 0.1) is 5.82 Å². The van der Waals surface area contributed by atoms with Gasteiger partial charge in [0, 0.05) is 5.56 Å². The molecule has 0 aliphatic heterocycles. The van der Waals surface area contributed by atoms with Crippen molar-refractivity contribution in [2.75, 3.05) is 7.11 Å². The molecule has 0 bridgehead atoms. The predicted molar refractivity (Wildman–Crippen MR) is 90.5 cm³/mol. The third kappa shape index (κ3) is 3.47. The van der Waals surface area contributed by atoms with Crippen LogP contribution >= 0.6 is 23.2 Å². The van der Waals surface area contributed by atoms with E-state index in [4.69, 9.17) is 27.9 Å². The minimum Gasteiger partial charge on any atom is -0.466 e. The first kappa shape index (κ1) is 18.1. The van der Waals surface area contributed by atoms with Crippen molar-refractivity contribution in [1.82, 2.24) is 15.2 Å². The van der Waals surface area contributed by atoms with Crippen molar-refractivity contribution in [3.63, 3.8) is 0 Å². The molecule has 0 spiro atoms. The minimum atomic E-state index is -1.49. The molecule has 0 saturated heterocycles. The van der Waals surface area contributed by atoms with E-state index < -0.39 is 23.9 Å². The maximum Gasteiger partial charge on any atom is 0.351 e. The standard InChI is InChI=1S/C16H10Cl2FN3O4/c1-25-16(24)13(7-2-3-10(17)11(19)4-7)26-15(23)8-5-12(18)21-14-9(8)6-20-22-14/h2-6,13H,1H3,(H,20,21,22). The van der Waals surface area contributed by atoms with E-state index >= 15 is 0 Å². The van der Waals surface area contributed by atoms with Gasteiger partial charge in [0.15, 0.2) is 5.65 Å². The van der Waals surface area contributed by atoms with E-state index in [1.807, 2.05) is 0 Å². The predicted octanol–water partition coefficient (Wildman–Crippen LogP) is 3.47. The number of nitrogens with zero attached hydrogens (tertiary/aromatic N) is 2. The lowest BCUT2D eigenvalue weighted by molar-refractivity contribution is -0.151. The summed E-state index contributed by atoms with van der Waals surface area (Å²) in [6, 6.07) is 4.86. The van der Waals surface area contributed by atoms with Gasteiger partial charge in [-0.2, -0.15) is 5.10 Å². The molecule has 2 heterocycles. The highest BCUT2D eigenvalue weighted by atomic mass is 35.5. The average Bonchev–Trinajstić information content (AvgIpc) is 3.08. The van der Waals surface area contributed by atoms with Crippen LogP contribution in [-0.2, 0) is 14.3 Å². The van der Waals surface area contributed by atoms with Crippen molar-refractivity contribution in [1.29, 1.82) is 0 Å². The molecule has 2 aromatic heterocycles. The number of esters is 2. The fraction of sp³-hybridized carbons (Fsp3) is 0.125. The molecule has 0 aliphatic carbocycles. The summed E-state index contributed by atoms with van der Waals surface area (Å²) in [5.41, 5.74) is 0.379. The number of ether oxygens (including phenoxy) is 2. The summed E-state index contributed by atoms with van der Waals surface area (Å²) < 4.78 is 23.6. The molecule has 0 amide bonds. The number of rotatable bonds is 4. The van der Waals surface area contributed by atoms with Gasteiger partial charge in [-0.05, 0) is 18.2 Å². The molecule has 0 radical (unpaired) electrons. The van der Waals surface area contributed by atoms with Gasteiger partial charge in [-0.3, -0.25) is 5.10 Å². The molecule has 1 N–H and O–H groups in total. The van der Waals surface area contributed by atoms with E-state index in [-0.39, 0.29) is 26.9 Å². The summed E-state index contributed by atoms with van der Waals surface area (Å²) in [6.45, 7) is 0. The summed E-state index contributed by atoms with van der Waals surface area (Å²) in [4.78, 5) is 28.6. The van der Waals surface area contributed by atoms with Crippen LogP contribution < -0.4 is 0 Å². The van der Waals surface area contributed by atoms with Crippen molar-refractivity contribution >= 4 is 46.2 Å². The van der Waals surface area contributed by atoms with Crippen LogP contribution in [-0.4, -0.2) is 34.2 Å². The number of halogens is 3. The number of carbonyl (C=O) groups excluding carboxylic acids is 2. The maximum atomic E-state index is 13.7. The van der Waals surface area contributed by atoms with Gasteiger partial charge in [0.1, 0.15) is 11.0 Å². The number of pyridine rings is 1. The quantitative estimate of drug-likeness (QED) is 0.534. The third-order valence-electron chi connectivity index (χ3n) is 3.50. The van der Waals surface area contributed by atoms with E-state index in [1.54, 1.807) is 0 Å². The highest BCUT2D eigenvalue weighted by Crippen LogP contribution is 2.27. The Bertz CT molecular complexity index is 1010. The lowest BCUT2D eigenvalue weighted by Gasteiger charge is -2.16. The van der Waals surface area contributed by atoms with Gasteiger partial charge >= 0.3 is 11.9 Å². The Hall–Kier alpha value is -2.71. The number of methoxy groups -OCH3 is 1. The Morgan fingerprint density at radius 1 is 1.27 bits per heavy atom. The molecule has 0 saturated carbocycles. The van der Waals surface area contributed by atoms with Gasteiger partial charge in [0.2, 0.25) is 6.10 Å². The Labute approximate surface area is 156 Å². The Balaban J connectivity index is 1.98. The Kier molecular flexibility index (Phi) is 5.06. The zero-order valence-electron chi connectivity index (χ0n) is 13.1. The van der Waals surface area contributed by atoms with Gasteiger partial charge in [-0.15, -0.1) is 0 Å². The minimum absolute atomic E-state index is 0.0286. The van der Waals surface area contributed by atoms with Gasteiger partial charge in [0.05, 0.1) is 29.3 Å². The summed E-state index contributed by atoms with van der Waals surface area (Å²) >= 11 is 11.5. The van der Waals surface area contributed by atoms with E-state index in [0.717, 1.165) is 13.2 Å². The van der Waals surface area contributed by atoms with Crippen molar-refractivity contribution in [3.05, 3.63) is 57.6 Å². The Morgan fingerprint density at radius 2 is 2.04 bits per heavy atom. The molecule has 3 aromatic rings. The molecule has 0 fully saturated rings. The van der Waals surface area contributed by atoms with Gasteiger partial charge < -0.3 is 9.47 Å². The largest absolute Gasteiger partial charge is 0.466 e. The number of fused-ring (bicyclic) bond motifs is 1. The lowest BCUT2D eigenvalue weighted by Crippen LogP contribution is -2.21. The monoisotopic (exact) mass is 397 g/mol. The average molecular weight is 398 g/mol. The summed E-state index contributed by atoms with van der Waals surface area (Å²) in [7, 11) is 1.12. The third-order valence-corrected chi connectivity index (χ3v) is 4.00. The Morgan fingerprint density at radius 3 is 2.73 bits per heavy atom. The first-order valence-corrected chi connectivity index (χ1v) is 7.89. The molecule has 1 aromatic carbocycles. The van der Waals surface area contributed by atoms with Gasteiger partial charge in [-0.1, -0.05) is 29.3 Å². The van der Waals surface area contributed by atoms with Crippen LogP contribution in [0.3, 0.4) is 0 Å². The molecule has 134 valence electrons. The van der Waals surface area contributed by atoms with Gasteiger partial charge in [0.25, 0.3) is 0 Å². The summed E-state index contributed by atoms with van der Waals surface area (Å²) in [5.74, 6) is -2.53. The number of carbonyl (C=O) groups is 2. The van der Waals surface area contributed by atoms with Crippen molar-refractivity contribution < 1.29 is 23.5 Å². The van der Waals surface area contributed by atoms with Crippen molar-refractivity contribution in [2.24, 2.45) is 0 Å². The second kappa shape index (κ2) is 7.27. The molecule has 0 aliphatic rings. The van der Waals surface area contributed by atoms with E-state index in [9.17, 15) is 14.0 Å². The number of hydrogen-bond donors (Lipinski definition) is 1. The highest BCUT2D eigenvalue weighted by Gasteiger charge is 2.28. The first-order chi connectivity index (χ1) is 12.4.